The Hall–Kier alpha value is -1.89. The van der Waals surface area contributed by atoms with Crippen LogP contribution in [0.2, 0.25) is 0 Å². The van der Waals surface area contributed by atoms with Gasteiger partial charge in [-0.1, -0.05) is 0 Å². The number of nitrogen functional groups attached to an aromatic ring is 1. The van der Waals surface area contributed by atoms with E-state index in [2.05, 4.69) is 15.3 Å². The molecule has 0 unspecified atom stereocenters. The fourth-order valence-corrected chi connectivity index (χ4v) is 3.02. The summed E-state index contributed by atoms with van der Waals surface area (Å²) in [5.41, 5.74) is 5.66. The van der Waals surface area contributed by atoms with E-state index in [0.717, 1.165) is 36.1 Å². The molecule has 0 aromatic carbocycles. The van der Waals surface area contributed by atoms with Gasteiger partial charge in [-0.2, -0.15) is 4.98 Å². The van der Waals surface area contributed by atoms with Crippen molar-refractivity contribution in [2.45, 2.75) is 12.8 Å². The zero-order valence-corrected chi connectivity index (χ0v) is 11.2. The molecule has 1 amide bonds. The minimum Gasteiger partial charge on any atom is -0.368 e. The maximum atomic E-state index is 12.0. The lowest BCUT2D eigenvalue weighted by Gasteiger charge is -2.15. The second-order valence-corrected chi connectivity index (χ2v) is 5.41. The minimum absolute atomic E-state index is 0.109. The molecule has 1 fully saturated rings. The van der Waals surface area contributed by atoms with Crippen molar-refractivity contribution in [1.82, 2.24) is 14.9 Å². The lowest BCUT2D eigenvalue weighted by atomic mass is 10.3. The summed E-state index contributed by atoms with van der Waals surface area (Å²) in [6.07, 6.45) is 2.20. The van der Waals surface area contributed by atoms with E-state index < -0.39 is 0 Å². The van der Waals surface area contributed by atoms with E-state index in [-0.39, 0.29) is 18.4 Å². The molecule has 2 aromatic rings. The lowest BCUT2D eigenvalue weighted by molar-refractivity contribution is -0.128. The minimum atomic E-state index is 0.109. The van der Waals surface area contributed by atoms with Crippen LogP contribution in [0.3, 0.4) is 0 Å². The standard InChI is InChI=1S/C12H15N5OS/c13-12-15-10(8-3-6-19-11(8)16-12)14-7-9(18)17-4-1-2-5-17/h3,6H,1-2,4-5,7H2,(H3,13,14,15,16). The van der Waals surface area contributed by atoms with Crippen molar-refractivity contribution < 1.29 is 4.79 Å². The number of hydrogen-bond acceptors (Lipinski definition) is 6. The van der Waals surface area contributed by atoms with Gasteiger partial charge in [-0.25, -0.2) is 4.98 Å². The van der Waals surface area contributed by atoms with E-state index in [4.69, 9.17) is 5.73 Å². The predicted octanol–water partition coefficient (Wildman–Crippen LogP) is 1.31. The van der Waals surface area contributed by atoms with E-state index in [9.17, 15) is 4.79 Å². The molecule has 3 N–H and O–H groups in total. The van der Waals surface area contributed by atoms with Crippen LogP contribution < -0.4 is 11.1 Å². The number of anilines is 2. The number of hydrogen-bond donors (Lipinski definition) is 2. The molecule has 1 saturated heterocycles. The third-order valence-corrected chi connectivity index (χ3v) is 4.01. The number of carbonyl (C=O) groups excluding carboxylic acids is 1. The van der Waals surface area contributed by atoms with Crippen molar-refractivity contribution >= 4 is 39.2 Å². The third-order valence-electron chi connectivity index (χ3n) is 3.21. The number of nitrogens with one attached hydrogen (secondary N) is 1. The Bertz CT molecular complexity index is 605. The maximum Gasteiger partial charge on any atom is 0.241 e. The van der Waals surface area contributed by atoms with Crippen LogP contribution in [0.5, 0.6) is 0 Å². The molecule has 0 aliphatic carbocycles. The van der Waals surface area contributed by atoms with Crippen LogP contribution in [-0.4, -0.2) is 40.4 Å². The fraction of sp³-hybridized carbons (Fsp3) is 0.417. The van der Waals surface area contributed by atoms with Crippen LogP contribution in [0, 0.1) is 0 Å². The van der Waals surface area contributed by atoms with Crippen molar-refractivity contribution in [3.05, 3.63) is 11.4 Å². The molecule has 0 spiro atoms. The fourth-order valence-electron chi connectivity index (χ4n) is 2.24. The van der Waals surface area contributed by atoms with Gasteiger partial charge in [0, 0.05) is 13.1 Å². The Morgan fingerprint density at radius 1 is 1.42 bits per heavy atom. The van der Waals surface area contributed by atoms with Crippen LogP contribution >= 0.6 is 11.3 Å². The molecule has 0 radical (unpaired) electrons. The van der Waals surface area contributed by atoms with Crippen molar-refractivity contribution in [3.8, 4) is 0 Å². The molecule has 3 heterocycles. The summed E-state index contributed by atoms with van der Waals surface area (Å²) in [7, 11) is 0. The SMILES string of the molecule is Nc1nc(NCC(=O)N2CCCC2)c2ccsc2n1. The van der Waals surface area contributed by atoms with Gasteiger partial charge in [-0.3, -0.25) is 4.79 Å². The summed E-state index contributed by atoms with van der Waals surface area (Å²) in [6.45, 7) is 1.97. The van der Waals surface area contributed by atoms with E-state index in [1.54, 1.807) is 0 Å². The quantitative estimate of drug-likeness (QED) is 0.883. The first-order chi connectivity index (χ1) is 9.24. The van der Waals surface area contributed by atoms with E-state index in [0.29, 0.717) is 5.82 Å². The van der Waals surface area contributed by atoms with Crippen molar-refractivity contribution in [1.29, 1.82) is 0 Å². The number of carbonyl (C=O) groups is 1. The van der Waals surface area contributed by atoms with E-state index >= 15 is 0 Å². The summed E-state index contributed by atoms with van der Waals surface area (Å²) in [4.78, 5) is 23.0. The number of amides is 1. The smallest absolute Gasteiger partial charge is 0.241 e. The van der Waals surface area contributed by atoms with Gasteiger partial charge in [0.25, 0.3) is 0 Å². The molecule has 19 heavy (non-hydrogen) atoms. The Labute approximate surface area is 114 Å². The van der Waals surface area contributed by atoms with Gasteiger partial charge in [-0.15, -0.1) is 11.3 Å². The highest BCUT2D eigenvalue weighted by Crippen LogP contribution is 2.25. The molecule has 1 aliphatic heterocycles. The third kappa shape index (κ3) is 2.46. The van der Waals surface area contributed by atoms with E-state index in [1.807, 2.05) is 16.3 Å². The Kier molecular flexibility index (Phi) is 3.20. The maximum absolute atomic E-state index is 12.0. The molecule has 1 aliphatic rings. The molecule has 0 bridgehead atoms. The van der Waals surface area contributed by atoms with Crippen LogP contribution in [0.25, 0.3) is 10.2 Å². The van der Waals surface area contributed by atoms with Crippen molar-refractivity contribution in [2.75, 3.05) is 30.7 Å². The normalized spacial score (nSPS) is 15.1. The van der Waals surface area contributed by atoms with Crippen LogP contribution in [0.1, 0.15) is 12.8 Å². The van der Waals surface area contributed by atoms with Gasteiger partial charge < -0.3 is 16.0 Å². The number of thiophene rings is 1. The molecule has 100 valence electrons. The summed E-state index contributed by atoms with van der Waals surface area (Å²) >= 11 is 1.51. The molecule has 0 atom stereocenters. The second-order valence-electron chi connectivity index (χ2n) is 4.51. The number of nitrogens with zero attached hydrogens (tertiary/aromatic N) is 3. The zero-order chi connectivity index (χ0) is 13.2. The Balaban J connectivity index is 1.74. The van der Waals surface area contributed by atoms with Crippen molar-refractivity contribution in [2.24, 2.45) is 0 Å². The van der Waals surface area contributed by atoms with E-state index in [1.165, 1.54) is 11.3 Å². The van der Waals surface area contributed by atoms with Gasteiger partial charge in [0.2, 0.25) is 11.9 Å². The van der Waals surface area contributed by atoms with Crippen LogP contribution in [-0.2, 0) is 4.79 Å². The molecule has 3 rings (SSSR count). The first kappa shape index (κ1) is 12.2. The van der Waals surface area contributed by atoms with Gasteiger partial charge in [0.15, 0.2) is 0 Å². The zero-order valence-electron chi connectivity index (χ0n) is 10.4. The summed E-state index contributed by atoms with van der Waals surface area (Å²) in [5.74, 6) is 0.973. The molecule has 2 aromatic heterocycles. The first-order valence-electron chi connectivity index (χ1n) is 6.26. The number of likely N-dealkylation sites (tertiary alicyclic amines) is 1. The van der Waals surface area contributed by atoms with Gasteiger partial charge in [-0.05, 0) is 24.3 Å². The summed E-state index contributed by atoms with van der Waals surface area (Å²) < 4.78 is 0. The highest BCUT2D eigenvalue weighted by molar-refractivity contribution is 7.16. The number of nitrogens with two attached hydrogens (primary N) is 1. The van der Waals surface area contributed by atoms with Crippen LogP contribution in [0.4, 0.5) is 11.8 Å². The average molecular weight is 277 g/mol. The summed E-state index contributed by atoms with van der Waals surface area (Å²) in [6, 6.07) is 1.93. The topological polar surface area (TPSA) is 84.1 Å². The number of fused-ring (bicyclic) bond motifs is 1. The lowest BCUT2D eigenvalue weighted by Crippen LogP contribution is -2.33. The molecule has 0 saturated carbocycles. The monoisotopic (exact) mass is 277 g/mol. The highest BCUT2D eigenvalue weighted by Gasteiger charge is 2.18. The van der Waals surface area contributed by atoms with Crippen molar-refractivity contribution in [3.63, 3.8) is 0 Å². The van der Waals surface area contributed by atoms with Gasteiger partial charge in [0.05, 0.1) is 11.9 Å². The number of aromatic nitrogens is 2. The predicted molar refractivity (Wildman–Crippen MR) is 76.1 cm³/mol. The second kappa shape index (κ2) is 5.00. The van der Waals surface area contributed by atoms with Crippen LogP contribution in [0.15, 0.2) is 11.4 Å². The largest absolute Gasteiger partial charge is 0.368 e. The molecular formula is C12H15N5OS. The highest BCUT2D eigenvalue weighted by atomic mass is 32.1. The number of rotatable bonds is 3. The Morgan fingerprint density at radius 3 is 3.00 bits per heavy atom. The Morgan fingerprint density at radius 2 is 2.21 bits per heavy atom. The molecule has 6 nitrogen and oxygen atoms in total. The molecular weight excluding hydrogens is 262 g/mol. The first-order valence-corrected chi connectivity index (χ1v) is 7.14. The average Bonchev–Trinajstić information content (AvgIpc) is 3.05. The molecule has 7 heteroatoms. The summed E-state index contributed by atoms with van der Waals surface area (Å²) in [5, 5.41) is 5.92. The van der Waals surface area contributed by atoms with Gasteiger partial charge >= 0.3 is 0 Å². The van der Waals surface area contributed by atoms with Gasteiger partial charge in [0.1, 0.15) is 10.6 Å².